The third-order valence-electron chi connectivity index (χ3n) is 4.81. The van der Waals surface area contributed by atoms with Gasteiger partial charge in [0.25, 0.3) is 0 Å². The Labute approximate surface area is 160 Å². The summed E-state index contributed by atoms with van der Waals surface area (Å²) in [6.07, 6.45) is 0. The minimum Gasteiger partial charge on any atom is -0.370 e. The first kappa shape index (κ1) is 19.2. The Balaban J connectivity index is 1.58. The molecule has 0 aliphatic carbocycles. The van der Waals surface area contributed by atoms with Crippen molar-refractivity contribution in [2.24, 2.45) is 10.7 Å². The van der Waals surface area contributed by atoms with Gasteiger partial charge in [0.2, 0.25) is 0 Å². The van der Waals surface area contributed by atoms with Crippen LogP contribution in [0.3, 0.4) is 0 Å². The van der Waals surface area contributed by atoms with Gasteiger partial charge in [0.15, 0.2) is 5.96 Å². The van der Waals surface area contributed by atoms with Gasteiger partial charge >= 0.3 is 0 Å². The van der Waals surface area contributed by atoms with Crippen molar-refractivity contribution in [2.75, 3.05) is 45.2 Å². The third kappa shape index (κ3) is 5.20. The molecular formula is C21H28FN5. The van der Waals surface area contributed by atoms with E-state index in [0.29, 0.717) is 12.5 Å². The Kier molecular flexibility index (Phi) is 6.29. The van der Waals surface area contributed by atoms with Gasteiger partial charge in [-0.1, -0.05) is 24.3 Å². The van der Waals surface area contributed by atoms with E-state index in [1.807, 2.05) is 18.2 Å². The quantitative estimate of drug-likeness (QED) is 0.650. The number of hydrogen-bond donors (Lipinski definition) is 1. The summed E-state index contributed by atoms with van der Waals surface area (Å²) in [4.78, 5) is 11.1. The van der Waals surface area contributed by atoms with Gasteiger partial charge in [-0.05, 0) is 49.5 Å². The summed E-state index contributed by atoms with van der Waals surface area (Å²) < 4.78 is 13.1. The average Bonchev–Trinajstić information content (AvgIpc) is 2.67. The Hall–Kier alpha value is -2.60. The van der Waals surface area contributed by atoms with E-state index in [4.69, 9.17) is 5.73 Å². The largest absolute Gasteiger partial charge is 0.370 e. The van der Waals surface area contributed by atoms with Gasteiger partial charge in [-0.2, -0.15) is 0 Å². The van der Waals surface area contributed by atoms with Crippen LogP contribution in [0.25, 0.3) is 0 Å². The smallest absolute Gasteiger partial charge is 0.191 e. The molecule has 1 saturated heterocycles. The number of anilines is 1. The van der Waals surface area contributed by atoms with Crippen LogP contribution in [0, 0.1) is 5.82 Å². The fourth-order valence-electron chi connectivity index (χ4n) is 3.32. The number of nitrogens with two attached hydrogens (primary N) is 1. The average molecular weight is 369 g/mol. The molecular weight excluding hydrogens is 341 g/mol. The van der Waals surface area contributed by atoms with Gasteiger partial charge in [0.05, 0.1) is 6.54 Å². The van der Waals surface area contributed by atoms with Crippen LogP contribution in [-0.2, 0) is 13.1 Å². The highest BCUT2D eigenvalue weighted by molar-refractivity contribution is 5.78. The van der Waals surface area contributed by atoms with Crippen LogP contribution in [0.1, 0.15) is 11.1 Å². The fourth-order valence-corrected chi connectivity index (χ4v) is 3.32. The van der Waals surface area contributed by atoms with E-state index in [9.17, 15) is 4.39 Å². The molecule has 27 heavy (non-hydrogen) atoms. The maximum absolute atomic E-state index is 13.1. The van der Waals surface area contributed by atoms with E-state index in [2.05, 4.69) is 52.0 Å². The van der Waals surface area contributed by atoms with Gasteiger partial charge in [-0.3, -0.25) is 0 Å². The van der Waals surface area contributed by atoms with Crippen molar-refractivity contribution in [3.63, 3.8) is 0 Å². The highest BCUT2D eigenvalue weighted by atomic mass is 19.1. The van der Waals surface area contributed by atoms with Gasteiger partial charge in [0, 0.05) is 38.4 Å². The Morgan fingerprint density at radius 1 is 1.00 bits per heavy atom. The summed E-state index contributed by atoms with van der Waals surface area (Å²) in [5, 5.41) is 0. The maximum Gasteiger partial charge on any atom is 0.191 e. The van der Waals surface area contributed by atoms with Gasteiger partial charge in [-0.15, -0.1) is 0 Å². The summed E-state index contributed by atoms with van der Waals surface area (Å²) in [6.45, 7) is 4.80. The standard InChI is InChI=1S/C21H28FN5/c1-25(2)16-18-6-4-3-5-17(18)15-24-21(23)27-13-11-26(12-14-27)20-9-7-19(22)8-10-20/h3-10H,11-16H2,1-2H3,(H2,23,24). The van der Waals surface area contributed by atoms with Crippen molar-refractivity contribution in [3.8, 4) is 0 Å². The number of piperazine rings is 1. The molecule has 0 amide bonds. The van der Waals surface area contributed by atoms with E-state index >= 15 is 0 Å². The summed E-state index contributed by atoms with van der Waals surface area (Å²) in [5.41, 5.74) is 9.78. The van der Waals surface area contributed by atoms with Crippen molar-refractivity contribution in [1.29, 1.82) is 0 Å². The second-order valence-corrected chi connectivity index (χ2v) is 7.13. The van der Waals surface area contributed by atoms with Crippen LogP contribution in [0.5, 0.6) is 0 Å². The molecule has 2 aromatic rings. The number of nitrogens with zero attached hydrogens (tertiary/aromatic N) is 4. The van der Waals surface area contributed by atoms with Gasteiger partial charge in [-0.25, -0.2) is 9.38 Å². The zero-order valence-electron chi connectivity index (χ0n) is 16.1. The van der Waals surface area contributed by atoms with E-state index < -0.39 is 0 Å². The number of benzene rings is 2. The summed E-state index contributed by atoms with van der Waals surface area (Å²) in [7, 11) is 4.13. The van der Waals surface area contributed by atoms with Crippen LogP contribution < -0.4 is 10.6 Å². The highest BCUT2D eigenvalue weighted by Crippen LogP contribution is 2.17. The lowest BCUT2D eigenvalue weighted by Gasteiger charge is -2.36. The Morgan fingerprint density at radius 2 is 1.63 bits per heavy atom. The monoisotopic (exact) mass is 369 g/mol. The molecule has 6 heteroatoms. The van der Waals surface area contributed by atoms with E-state index in [-0.39, 0.29) is 5.82 Å². The molecule has 3 rings (SSSR count). The number of aliphatic imine (C=N–C) groups is 1. The normalized spacial score (nSPS) is 15.5. The number of guanidine groups is 1. The molecule has 0 aromatic heterocycles. The molecule has 144 valence electrons. The first-order valence-electron chi connectivity index (χ1n) is 9.30. The summed E-state index contributed by atoms with van der Waals surface area (Å²) in [6, 6.07) is 15.0. The molecule has 0 radical (unpaired) electrons. The van der Waals surface area contributed by atoms with Crippen LogP contribution in [0.4, 0.5) is 10.1 Å². The van der Waals surface area contributed by atoms with Gasteiger partial charge in [0.1, 0.15) is 5.82 Å². The van der Waals surface area contributed by atoms with Gasteiger partial charge < -0.3 is 20.4 Å². The first-order valence-corrected chi connectivity index (χ1v) is 9.30. The molecule has 1 fully saturated rings. The molecule has 1 aliphatic heterocycles. The van der Waals surface area contributed by atoms with E-state index in [0.717, 1.165) is 38.4 Å². The summed E-state index contributed by atoms with van der Waals surface area (Å²) >= 11 is 0. The third-order valence-corrected chi connectivity index (χ3v) is 4.81. The van der Waals surface area contributed by atoms with E-state index in [1.54, 1.807) is 0 Å². The Bertz CT molecular complexity index is 764. The molecule has 1 heterocycles. The lowest BCUT2D eigenvalue weighted by molar-refractivity contribution is 0.380. The predicted molar refractivity (Wildman–Crippen MR) is 109 cm³/mol. The number of rotatable bonds is 5. The van der Waals surface area contributed by atoms with Crippen molar-refractivity contribution in [2.45, 2.75) is 13.1 Å². The molecule has 2 N–H and O–H groups in total. The lowest BCUT2D eigenvalue weighted by Crippen LogP contribution is -2.51. The Morgan fingerprint density at radius 3 is 2.26 bits per heavy atom. The summed E-state index contributed by atoms with van der Waals surface area (Å²) in [5.74, 6) is 0.386. The lowest BCUT2D eigenvalue weighted by atomic mass is 10.1. The number of hydrogen-bond acceptors (Lipinski definition) is 3. The van der Waals surface area contributed by atoms with E-state index in [1.165, 1.54) is 23.3 Å². The maximum atomic E-state index is 13.1. The highest BCUT2D eigenvalue weighted by Gasteiger charge is 2.18. The molecule has 0 bridgehead atoms. The molecule has 0 atom stereocenters. The second kappa shape index (κ2) is 8.86. The minimum absolute atomic E-state index is 0.205. The number of halogens is 1. The first-order chi connectivity index (χ1) is 13.0. The van der Waals surface area contributed by atoms with Crippen molar-refractivity contribution in [3.05, 3.63) is 65.5 Å². The van der Waals surface area contributed by atoms with Crippen LogP contribution >= 0.6 is 0 Å². The molecule has 0 saturated carbocycles. The predicted octanol–water partition coefficient (Wildman–Crippen LogP) is 2.52. The fraction of sp³-hybridized carbons (Fsp3) is 0.381. The van der Waals surface area contributed by atoms with Crippen LogP contribution in [-0.4, -0.2) is 56.0 Å². The molecule has 5 nitrogen and oxygen atoms in total. The molecule has 0 spiro atoms. The molecule has 1 aliphatic rings. The molecule has 0 unspecified atom stereocenters. The van der Waals surface area contributed by atoms with Crippen molar-refractivity contribution >= 4 is 11.6 Å². The minimum atomic E-state index is -0.205. The second-order valence-electron chi connectivity index (χ2n) is 7.13. The SMILES string of the molecule is CN(C)Cc1ccccc1CN=C(N)N1CCN(c2ccc(F)cc2)CC1. The van der Waals surface area contributed by atoms with Crippen molar-refractivity contribution < 1.29 is 4.39 Å². The van der Waals surface area contributed by atoms with Crippen LogP contribution in [0.15, 0.2) is 53.5 Å². The topological polar surface area (TPSA) is 48.1 Å². The molecule has 2 aromatic carbocycles. The zero-order chi connectivity index (χ0) is 19.2. The van der Waals surface area contributed by atoms with Crippen LogP contribution in [0.2, 0.25) is 0 Å². The van der Waals surface area contributed by atoms with Crippen molar-refractivity contribution in [1.82, 2.24) is 9.80 Å². The zero-order valence-corrected chi connectivity index (χ0v) is 16.1.